The Kier molecular flexibility index (Phi) is 11.6. The minimum atomic E-state index is -0.472. The lowest BCUT2D eigenvalue weighted by atomic mass is 10.1. The van der Waals surface area contributed by atoms with Gasteiger partial charge in [-0.3, -0.25) is 14.4 Å². The number of thiophene rings is 2. The normalized spacial score (nSPS) is 11.3. The van der Waals surface area contributed by atoms with Crippen LogP contribution >= 0.6 is 38.6 Å². The van der Waals surface area contributed by atoms with Crippen molar-refractivity contribution < 1.29 is 29.3 Å². The van der Waals surface area contributed by atoms with Crippen LogP contribution in [0.3, 0.4) is 0 Å². The molecule has 0 fully saturated rings. The van der Waals surface area contributed by atoms with Crippen molar-refractivity contribution in [1.29, 1.82) is 0 Å². The van der Waals surface area contributed by atoms with Crippen LogP contribution in [0.1, 0.15) is 47.8 Å². The maximum Gasteiger partial charge on any atom is 0.281 e. The molecule has 0 radical (unpaired) electrons. The first-order valence-corrected chi connectivity index (χ1v) is 15.6. The molecule has 4 rings (SSSR count). The Hall–Kier alpha value is -3.88. The van der Waals surface area contributed by atoms with Crippen molar-refractivity contribution in [3.8, 4) is 16.2 Å². The first-order valence-electron chi connectivity index (χ1n) is 13.1. The van der Waals surface area contributed by atoms with Crippen LogP contribution in [0.5, 0.6) is 5.75 Å². The summed E-state index contributed by atoms with van der Waals surface area (Å²) in [6.07, 6.45) is 0. The van der Waals surface area contributed by atoms with E-state index < -0.39 is 5.91 Å². The molecule has 13 heteroatoms. The van der Waals surface area contributed by atoms with E-state index in [2.05, 4.69) is 37.1 Å². The van der Waals surface area contributed by atoms with E-state index in [4.69, 9.17) is 9.84 Å². The summed E-state index contributed by atoms with van der Waals surface area (Å²) in [5.74, 6) is -0.960. The fourth-order valence-electron chi connectivity index (χ4n) is 3.80. The van der Waals surface area contributed by atoms with Crippen LogP contribution in [0.15, 0.2) is 75.6 Å². The van der Waals surface area contributed by atoms with E-state index in [1.54, 1.807) is 48.7 Å². The fraction of sp³-hybridized carbons (Fsp3) is 0.200. The third-order valence-electron chi connectivity index (χ3n) is 6.08. The van der Waals surface area contributed by atoms with Gasteiger partial charge < -0.3 is 25.6 Å². The van der Waals surface area contributed by atoms with Crippen molar-refractivity contribution in [3.63, 3.8) is 0 Å². The zero-order chi connectivity index (χ0) is 30.8. The Bertz CT molecular complexity index is 1600. The van der Waals surface area contributed by atoms with E-state index in [0.29, 0.717) is 44.6 Å². The molecule has 2 aromatic carbocycles. The Balaban J connectivity index is 1.27. The zero-order valence-corrected chi connectivity index (χ0v) is 26.3. The largest absolute Gasteiger partial charge is 0.506 e. The highest BCUT2D eigenvalue weighted by Crippen LogP contribution is 2.39. The molecule has 2 aromatic heterocycles. The molecule has 0 saturated heterocycles. The highest BCUT2D eigenvalue weighted by atomic mass is 79.9. The minimum Gasteiger partial charge on any atom is -0.506 e. The summed E-state index contributed by atoms with van der Waals surface area (Å²) in [5, 5.41) is 30.9. The Morgan fingerprint density at radius 2 is 1.60 bits per heavy atom. The van der Waals surface area contributed by atoms with Gasteiger partial charge in [-0.1, -0.05) is 40.2 Å². The van der Waals surface area contributed by atoms with Gasteiger partial charge >= 0.3 is 0 Å². The Labute approximate surface area is 264 Å². The van der Waals surface area contributed by atoms with Crippen LogP contribution in [0, 0.1) is 0 Å². The average Bonchev–Trinajstić information content (AvgIpc) is 3.66. The summed E-state index contributed by atoms with van der Waals surface area (Å²) in [6.45, 7) is 2.73. The van der Waals surface area contributed by atoms with E-state index in [9.17, 15) is 19.5 Å². The molecular formula is C30H29BrN4O6S2. The third-order valence-corrected chi connectivity index (χ3v) is 8.71. The van der Waals surface area contributed by atoms with Crippen molar-refractivity contribution in [2.75, 3.05) is 26.4 Å². The number of nitrogens with zero attached hydrogens (tertiary/aromatic N) is 1. The standard InChI is InChI=1S/C30H29BrN4O6S2/c1-18(23-17-42-27(26(23)37)20-6-8-22(31)9-7-20)34-35-30(40)25-11-10-24(43-25)29(39)33-16-19-2-4-21(5-3-19)28(38)32-12-14-41-15-13-36/h2-11,17,36-37H,12-16H2,1H3,(H,32,38)(H,33,39)(H,35,40)/b34-18+. The lowest BCUT2D eigenvalue weighted by Gasteiger charge is -2.07. The number of hydrogen-bond acceptors (Lipinski definition) is 9. The summed E-state index contributed by atoms with van der Waals surface area (Å²) in [4.78, 5) is 38.9. The summed E-state index contributed by atoms with van der Waals surface area (Å²) < 4.78 is 6.05. The Morgan fingerprint density at radius 1 is 0.907 bits per heavy atom. The summed E-state index contributed by atoms with van der Waals surface area (Å²) in [6, 6.07) is 17.5. The fourth-order valence-corrected chi connectivity index (χ4v) is 5.88. The number of carbonyl (C=O) groups is 3. The van der Waals surface area contributed by atoms with E-state index in [0.717, 1.165) is 26.9 Å². The van der Waals surface area contributed by atoms with Crippen LogP contribution in [0.4, 0.5) is 0 Å². The van der Waals surface area contributed by atoms with Crippen molar-refractivity contribution in [2.24, 2.45) is 5.10 Å². The number of ether oxygens (including phenoxy) is 1. The molecule has 0 bridgehead atoms. The molecule has 0 spiro atoms. The number of rotatable bonds is 13. The molecule has 0 saturated carbocycles. The lowest BCUT2D eigenvalue weighted by Crippen LogP contribution is -2.27. The van der Waals surface area contributed by atoms with E-state index in [-0.39, 0.29) is 37.3 Å². The molecule has 0 aliphatic carbocycles. The number of nitrogens with one attached hydrogen (secondary N) is 3. The predicted octanol–water partition coefficient (Wildman–Crippen LogP) is 4.77. The van der Waals surface area contributed by atoms with Gasteiger partial charge in [-0.15, -0.1) is 22.7 Å². The van der Waals surface area contributed by atoms with E-state index in [1.807, 2.05) is 24.3 Å². The molecule has 0 aliphatic heterocycles. The van der Waals surface area contributed by atoms with Crippen LogP contribution in [-0.2, 0) is 11.3 Å². The van der Waals surface area contributed by atoms with Crippen molar-refractivity contribution in [3.05, 3.63) is 97.0 Å². The second kappa shape index (κ2) is 15.5. The molecule has 224 valence electrons. The van der Waals surface area contributed by atoms with Gasteiger partial charge in [0.2, 0.25) is 0 Å². The smallest absolute Gasteiger partial charge is 0.281 e. The maximum atomic E-state index is 12.7. The van der Waals surface area contributed by atoms with Gasteiger partial charge in [0.25, 0.3) is 17.7 Å². The van der Waals surface area contributed by atoms with Crippen LogP contribution < -0.4 is 16.1 Å². The molecule has 4 aromatic rings. The minimum absolute atomic E-state index is 0.0670. The highest BCUT2D eigenvalue weighted by Gasteiger charge is 2.17. The highest BCUT2D eigenvalue weighted by molar-refractivity contribution is 9.10. The van der Waals surface area contributed by atoms with Gasteiger partial charge in [0.15, 0.2) is 0 Å². The monoisotopic (exact) mass is 684 g/mol. The molecule has 0 unspecified atom stereocenters. The number of hydrazone groups is 1. The second-order valence-corrected chi connectivity index (χ2v) is 12.0. The van der Waals surface area contributed by atoms with Gasteiger partial charge in [0.1, 0.15) is 5.75 Å². The number of carbonyl (C=O) groups excluding carboxylic acids is 3. The van der Waals surface area contributed by atoms with Crippen molar-refractivity contribution in [2.45, 2.75) is 13.5 Å². The average molecular weight is 686 g/mol. The van der Waals surface area contributed by atoms with Crippen molar-refractivity contribution >= 4 is 62.0 Å². The second-order valence-electron chi connectivity index (χ2n) is 9.11. The molecule has 0 atom stereocenters. The summed E-state index contributed by atoms with van der Waals surface area (Å²) in [5.41, 5.74) is 5.60. The molecule has 2 heterocycles. The van der Waals surface area contributed by atoms with Gasteiger partial charge in [-0.2, -0.15) is 5.10 Å². The SMILES string of the molecule is C/C(=N\NC(=O)c1ccc(C(=O)NCc2ccc(C(=O)NCCOCCO)cc2)s1)c1csc(-c2ccc(Br)cc2)c1O. The van der Waals surface area contributed by atoms with Crippen LogP contribution in [0.2, 0.25) is 0 Å². The molecular weight excluding hydrogens is 656 g/mol. The maximum absolute atomic E-state index is 12.7. The number of halogens is 1. The predicted molar refractivity (Wildman–Crippen MR) is 171 cm³/mol. The lowest BCUT2D eigenvalue weighted by molar-refractivity contribution is 0.0837. The molecule has 0 aliphatic rings. The molecule has 3 amide bonds. The molecule has 5 N–H and O–H groups in total. The summed E-state index contributed by atoms with van der Waals surface area (Å²) in [7, 11) is 0. The first kappa shape index (κ1) is 32.0. The number of hydrogen-bond donors (Lipinski definition) is 5. The first-order chi connectivity index (χ1) is 20.8. The van der Waals surface area contributed by atoms with E-state index >= 15 is 0 Å². The number of amides is 3. The van der Waals surface area contributed by atoms with E-state index in [1.165, 1.54) is 11.3 Å². The van der Waals surface area contributed by atoms with Crippen LogP contribution in [0.25, 0.3) is 10.4 Å². The topological polar surface area (TPSA) is 149 Å². The quantitative estimate of drug-likeness (QED) is 0.0778. The third kappa shape index (κ3) is 8.81. The molecule has 10 nitrogen and oxygen atoms in total. The van der Waals surface area contributed by atoms with Gasteiger partial charge in [-0.25, -0.2) is 5.43 Å². The van der Waals surface area contributed by atoms with Gasteiger partial charge in [0, 0.05) is 28.5 Å². The van der Waals surface area contributed by atoms with Gasteiger partial charge in [0.05, 0.1) is 45.7 Å². The van der Waals surface area contributed by atoms with Gasteiger partial charge in [-0.05, 0) is 54.4 Å². The number of aliphatic hydroxyl groups is 1. The number of benzene rings is 2. The van der Waals surface area contributed by atoms with Crippen LogP contribution in [-0.4, -0.2) is 60.0 Å². The summed E-state index contributed by atoms with van der Waals surface area (Å²) >= 11 is 5.82. The zero-order valence-electron chi connectivity index (χ0n) is 23.1. The number of aliphatic hydroxyl groups excluding tert-OH is 1. The molecule has 43 heavy (non-hydrogen) atoms. The Morgan fingerprint density at radius 3 is 2.30 bits per heavy atom. The number of aromatic hydroxyl groups is 1. The van der Waals surface area contributed by atoms with Crippen molar-refractivity contribution in [1.82, 2.24) is 16.1 Å².